The van der Waals surface area contributed by atoms with Crippen LogP contribution in [-0.2, 0) is 0 Å². The summed E-state index contributed by atoms with van der Waals surface area (Å²) in [5.41, 5.74) is 6.37. The third-order valence-electron chi connectivity index (χ3n) is 3.37. The second kappa shape index (κ2) is 6.11. The van der Waals surface area contributed by atoms with Crippen LogP contribution in [0, 0.1) is 0 Å². The lowest BCUT2D eigenvalue weighted by Gasteiger charge is -2.22. The maximum absolute atomic E-state index is 5.55. The number of nitrogens with two attached hydrogens (primary N) is 1. The highest BCUT2D eigenvalue weighted by Crippen LogP contribution is 2.11. The zero-order chi connectivity index (χ0) is 13.0. The summed E-state index contributed by atoms with van der Waals surface area (Å²) >= 11 is 4.91. The van der Waals surface area contributed by atoms with Crippen LogP contribution in [0.5, 0.6) is 0 Å². The summed E-state index contributed by atoms with van der Waals surface area (Å²) in [6, 6.07) is 3.90. The number of rotatable bonds is 5. The molecule has 5 heteroatoms. The number of likely N-dealkylation sites (N-methyl/N-ethyl adjacent to an activating group) is 1. The van der Waals surface area contributed by atoms with E-state index in [4.69, 9.17) is 18.0 Å². The number of nitrogens with zero attached hydrogens (tertiary/aromatic N) is 3. The molecule has 0 unspecified atom stereocenters. The Morgan fingerprint density at radius 2 is 2.17 bits per heavy atom. The van der Waals surface area contributed by atoms with Gasteiger partial charge in [-0.2, -0.15) is 0 Å². The molecule has 0 saturated carbocycles. The minimum atomic E-state index is 0.397. The molecule has 2 heterocycles. The fourth-order valence-corrected chi connectivity index (χ4v) is 2.29. The van der Waals surface area contributed by atoms with Crippen LogP contribution in [0.15, 0.2) is 18.3 Å². The van der Waals surface area contributed by atoms with Crippen LogP contribution in [-0.4, -0.2) is 48.1 Å². The summed E-state index contributed by atoms with van der Waals surface area (Å²) in [4.78, 5) is 9.45. The van der Waals surface area contributed by atoms with Gasteiger partial charge in [-0.15, -0.1) is 0 Å². The maximum atomic E-state index is 5.55. The van der Waals surface area contributed by atoms with E-state index in [0.717, 1.165) is 24.5 Å². The molecule has 0 aromatic carbocycles. The monoisotopic (exact) mass is 264 g/mol. The van der Waals surface area contributed by atoms with E-state index in [-0.39, 0.29) is 0 Å². The van der Waals surface area contributed by atoms with Gasteiger partial charge in [0.25, 0.3) is 0 Å². The fraction of sp³-hybridized carbons (Fsp3) is 0.538. The lowest BCUT2D eigenvalue weighted by atomic mass is 10.3. The first kappa shape index (κ1) is 13.2. The van der Waals surface area contributed by atoms with Gasteiger partial charge in [-0.1, -0.05) is 12.2 Å². The maximum Gasteiger partial charge on any atom is 0.128 e. The first-order valence-electron chi connectivity index (χ1n) is 6.36. The van der Waals surface area contributed by atoms with Crippen LogP contribution in [0.3, 0.4) is 0 Å². The molecule has 1 fully saturated rings. The van der Waals surface area contributed by atoms with Gasteiger partial charge in [-0.25, -0.2) is 4.98 Å². The number of anilines is 1. The Hall–Kier alpha value is -1.20. The van der Waals surface area contributed by atoms with Crippen molar-refractivity contribution in [3.63, 3.8) is 0 Å². The normalized spacial score (nSPS) is 15.8. The zero-order valence-corrected chi connectivity index (χ0v) is 11.6. The van der Waals surface area contributed by atoms with Crippen LogP contribution >= 0.6 is 12.2 Å². The van der Waals surface area contributed by atoms with Gasteiger partial charge < -0.3 is 15.5 Å². The predicted molar refractivity (Wildman–Crippen MR) is 79.1 cm³/mol. The molecule has 0 bridgehead atoms. The quantitative estimate of drug-likeness (QED) is 0.811. The standard InChI is InChI=1S/C13H20N4S/c1-16(8-9-17-6-2-3-7-17)12-5-4-11(10-15-12)13(14)18/h4-5,10H,2-3,6-9H2,1H3,(H2,14,18). The number of likely N-dealkylation sites (tertiary alicyclic amines) is 1. The number of hydrogen-bond acceptors (Lipinski definition) is 4. The SMILES string of the molecule is CN(CCN1CCCC1)c1ccc(C(N)=S)cn1. The van der Waals surface area contributed by atoms with Crippen LogP contribution in [0.2, 0.25) is 0 Å². The van der Waals surface area contributed by atoms with E-state index in [0.29, 0.717) is 4.99 Å². The van der Waals surface area contributed by atoms with E-state index in [9.17, 15) is 0 Å². The van der Waals surface area contributed by atoms with E-state index < -0.39 is 0 Å². The summed E-state index contributed by atoms with van der Waals surface area (Å²) < 4.78 is 0. The molecule has 0 spiro atoms. The molecule has 4 nitrogen and oxygen atoms in total. The van der Waals surface area contributed by atoms with Gasteiger partial charge in [0, 0.05) is 31.9 Å². The smallest absolute Gasteiger partial charge is 0.128 e. The molecule has 0 radical (unpaired) electrons. The van der Waals surface area contributed by atoms with Gasteiger partial charge in [0.2, 0.25) is 0 Å². The van der Waals surface area contributed by atoms with Gasteiger partial charge in [0.05, 0.1) is 0 Å². The fourth-order valence-electron chi connectivity index (χ4n) is 2.17. The Kier molecular flexibility index (Phi) is 4.49. The average molecular weight is 264 g/mol. The Morgan fingerprint density at radius 1 is 1.44 bits per heavy atom. The van der Waals surface area contributed by atoms with Crippen molar-refractivity contribution in [1.82, 2.24) is 9.88 Å². The number of aromatic nitrogens is 1. The summed E-state index contributed by atoms with van der Waals surface area (Å²) in [5, 5.41) is 0. The Balaban J connectivity index is 1.87. The van der Waals surface area contributed by atoms with Crippen LogP contribution in [0.1, 0.15) is 18.4 Å². The van der Waals surface area contributed by atoms with E-state index in [1.165, 1.54) is 25.9 Å². The van der Waals surface area contributed by atoms with E-state index >= 15 is 0 Å². The molecule has 0 aliphatic carbocycles. The highest BCUT2D eigenvalue weighted by Gasteiger charge is 2.12. The molecule has 2 rings (SSSR count). The summed E-state index contributed by atoms with van der Waals surface area (Å²) in [7, 11) is 2.07. The molecule has 1 aromatic rings. The second-order valence-electron chi connectivity index (χ2n) is 4.74. The van der Waals surface area contributed by atoms with Crippen molar-refractivity contribution in [2.75, 3.05) is 38.1 Å². The molecular formula is C13H20N4S. The summed E-state index contributed by atoms with van der Waals surface area (Å²) in [6.07, 6.45) is 4.42. The Labute approximate surface area is 114 Å². The summed E-state index contributed by atoms with van der Waals surface area (Å²) in [5.74, 6) is 0.967. The lowest BCUT2D eigenvalue weighted by Crippen LogP contribution is -2.31. The Morgan fingerprint density at radius 3 is 2.72 bits per heavy atom. The van der Waals surface area contributed by atoms with Crippen molar-refractivity contribution < 1.29 is 0 Å². The number of thiocarbonyl (C=S) groups is 1. The number of pyridine rings is 1. The summed E-state index contributed by atoms with van der Waals surface area (Å²) in [6.45, 7) is 4.58. The molecule has 0 atom stereocenters. The molecule has 18 heavy (non-hydrogen) atoms. The van der Waals surface area contributed by atoms with E-state index in [2.05, 4.69) is 21.8 Å². The predicted octanol–water partition coefficient (Wildman–Crippen LogP) is 1.25. The van der Waals surface area contributed by atoms with Gasteiger partial charge in [-0.05, 0) is 38.1 Å². The van der Waals surface area contributed by atoms with Crippen molar-refractivity contribution in [3.05, 3.63) is 23.9 Å². The molecule has 1 saturated heterocycles. The van der Waals surface area contributed by atoms with Gasteiger partial charge >= 0.3 is 0 Å². The van der Waals surface area contributed by atoms with Gasteiger partial charge in [-0.3, -0.25) is 0 Å². The highest BCUT2D eigenvalue weighted by atomic mass is 32.1. The third-order valence-corrected chi connectivity index (χ3v) is 3.61. The lowest BCUT2D eigenvalue weighted by molar-refractivity contribution is 0.346. The van der Waals surface area contributed by atoms with E-state index in [1.807, 2.05) is 12.1 Å². The molecule has 1 aromatic heterocycles. The minimum absolute atomic E-state index is 0.397. The van der Waals surface area contributed by atoms with Crippen molar-refractivity contribution in [1.29, 1.82) is 0 Å². The molecule has 1 aliphatic rings. The van der Waals surface area contributed by atoms with Crippen molar-refractivity contribution in [3.8, 4) is 0 Å². The largest absolute Gasteiger partial charge is 0.389 e. The molecule has 2 N–H and O–H groups in total. The zero-order valence-electron chi connectivity index (χ0n) is 10.8. The average Bonchev–Trinajstić information content (AvgIpc) is 2.89. The van der Waals surface area contributed by atoms with Crippen molar-refractivity contribution in [2.24, 2.45) is 5.73 Å². The molecule has 1 aliphatic heterocycles. The second-order valence-corrected chi connectivity index (χ2v) is 5.18. The molecule has 0 amide bonds. The molecular weight excluding hydrogens is 244 g/mol. The van der Waals surface area contributed by atoms with Gasteiger partial charge in [0.15, 0.2) is 0 Å². The first-order valence-corrected chi connectivity index (χ1v) is 6.77. The van der Waals surface area contributed by atoms with Crippen LogP contribution in [0.25, 0.3) is 0 Å². The Bertz CT molecular complexity index is 398. The van der Waals surface area contributed by atoms with Crippen molar-refractivity contribution in [2.45, 2.75) is 12.8 Å². The van der Waals surface area contributed by atoms with Crippen LogP contribution in [0.4, 0.5) is 5.82 Å². The molecule has 98 valence electrons. The van der Waals surface area contributed by atoms with Crippen molar-refractivity contribution >= 4 is 23.0 Å². The minimum Gasteiger partial charge on any atom is -0.389 e. The topological polar surface area (TPSA) is 45.4 Å². The number of hydrogen-bond donors (Lipinski definition) is 1. The van der Waals surface area contributed by atoms with Gasteiger partial charge in [0.1, 0.15) is 10.8 Å². The van der Waals surface area contributed by atoms with E-state index in [1.54, 1.807) is 6.20 Å². The first-order chi connectivity index (χ1) is 8.66. The highest BCUT2D eigenvalue weighted by molar-refractivity contribution is 7.80. The van der Waals surface area contributed by atoms with Crippen LogP contribution < -0.4 is 10.6 Å². The third kappa shape index (κ3) is 3.40.